The lowest BCUT2D eigenvalue weighted by molar-refractivity contribution is 0.477. The molecule has 20 heavy (non-hydrogen) atoms. The number of rotatable bonds is 4. The first-order valence-corrected chi connectivity index (χ1v) is 7.09. The summed E-state index contributed by atoms with van der Waals surface area (Å²) in [6.07, 6.45) is 0. The van der Waals surface area contributed by atoms with Crippen LogP contribution in [0.4, 0.5) is 0 Å². The number of nitrogens with two attached hydrogens (primary N) is 1. The second-order valence-corrected chi connectivity index (χ2v) is 5.57. The Hall–Kier alpha value is -1.80. The molecular weight excluding hydrogens is 246 g/mol. The van der Waals surface area contributed by atoms with Gasteiger partial charge in [-0.25, -0.2) is 0 Å². The molecule has 0 spiro atoms. The summed E-state index contributed by atoms with van der Waals surface area (Å²) in [4.78, 5) is 0. The highest BCUT2D eigenvalue weighted by Gasteiger charge is 2.07. The molecule has 0 aliphatic heterocycles. The van der Waals surface area contributed by atoms with E-state index in [9.17, 15) is 0 Å². The summed E-state index contributed by atoms with van der Waals surface area (Å²) in [7, 11) is 0. The van der Waals surface area contributed by atoms with E-state index in [0.717, 1.165) is 22.6 Å². The van der Waals surface area contributed by atoms with Crippen molar-refractivity contribution in [3.05, 3.63) is 58.7 Å². The van der Waals surface area contributed by atoms with Gasteiger partial charge in [-0.3, -0.25) is 0 Å². The molecule has 0 aliphatic rings. The van der Waals surface area contributed by atoms with Gasteiger partial charge in [0.25, 0.3) is 0 Å². The fourth-order valence-electron chi connectivity index (χ4n) is 2.17. The van der Waals surface area contributed by atoms with E-state index < -0.39 is 0 Å². The third-order valence-electron chi connectivity index (χ3n) is 3.64. The minimum absolute atomic E-state index is 0.499. The zero-order valence-corrected chi connectivity index (χ0v) is 12.7. The second-order valence-electron chi connectivity index (χ2n) is 5.57. The monoisotopic (exact) mass is 269 g/mol. The fraction of sp³-hybridized carbons (Fsp3) is 0.333. The molecule has 0 unspecified atom stereocenters. The van der Waals surface area contributed by atoms with Gasteiger partial charge in [0.2, 0.25) is 0 Å². The number of hydrogen-bond acceptors (Lipinski definition) is 2. The van der Waals surface area contributed by atoms with Gasteiger partial charge in [-0.15, -0.1) is 0 Å². The van der Waals surface area contributed by atoms with E-state index in [0.29, 0.717) is 12.5 Å². The maximum atomic E-state index is 6.04. The maximum Gasteiger partial charge on any atom is 0.130 e. The predicted octanol–water partition coefficient (Wildman–Crippen LogP) is 4.68. The van der Waals surface area contributed by atoms with Crippen molar-refractivity contribution < 1.29 is 4.74 Å². The van der Waals surface area contributed by atoms with Crippen molar-refractivity contribution in [2.45, 2.75) is 40.2 Å². The quantitative estimate of drug-likeness (QED) is 0.874. The summed E-state index contributed by atoms with van der Waals surface area (Å²) in [6, 6.07) is 12.5. The fourth-order valence-corrected chi connectivity index (χ4v) is 2.17. The number of ether oxygens (including phenoxy) is 1. The van der Waals surface area contributed by atoms with Gasteiger partial charge >= 0.3 is 0 Å². The van der Waals surface area contributed by atoms with Crippen LogP contribution in [0.25, 0.3) is 0 Å². The molecule has 0 radical (unpaired) electrons. The van der Waals surface area contributed by atoms with Gasteiger partial charge in [0.1, 0.15) is 11.5 Å². The van der Waals surface area contributed by atoms with Gasteiger partial charge in [-0.1, -0.05) is 32.0 Å². The average molecular weight is 269 g/mol. The molecule has 0 heterocycles. The van der Waals surface area contributed by atoms with Crippen LogP contribution in [0.15, 0.2) is 36.4 Å². The highest BCUT2D eigenvalue weighted by Crippen LogP contribution is 2.29. The van der Waals surface area contributed by atoms with Crippen LogP contribution in [-0.2, 0) is 6.54 Å². The first kappa shape index (κ1) is 14.6. The van der Waals surface area contributed by atoms with E-state index >= 15 is 0 Å². The summed E-state index contributed by atoms with van der Waals surface area (Å²) in [5.41, 5.74) is 10.5. The number of aryl methyl sites for hydroxylation is 2. The summed E-state index contributed by atoms with van der Waals surface area (Å²) >= 11 is 0. The van der Waals surface area contributed by atoms with Gasteiger partial charge in [0, 0.05) is 6.54 Å². The van der Waals surface area contributed by atoms with E-state index in [2.05, 4.69) is 45.9 Å². The lowest BCUT2D eigenvalue weighted by Crippen LogP contribution is -1.99. The predicted molar refractivity (Wildman–Crippen MR) is 84.4 cm³/mol. The van der Waals surface area contributed by atoms with Crippen molar-refractivity contribution in [3.8, 4) is 11.5 Å². The van der Waals surface area contributed by atoms with Gasteiger partial charge in [0.15, 0.2) is 0 Å². The molecule has 0 amide bonds. The minimum Gasteiger partial charge on any atom is -0.457 e. The maximum absolute atomic E-state index is 6.04. The van der Waals surface area contributed by atoms with Crippen LogP contribution in [0, 0.1) is 13.8 Å². The Morgan fingerprint density at radius 3 is 2.35 bits per heavy atom. The van der Waals surface area contributed by atoms with Crippen molar-refractivity contribution in [1.29, 1.82) is 0 Å². The van der Waals surface area contributed by atoms with Crippen molar-refractivity contribution >= 4 is 0 Å². The van der Waals surface area contributed by atoms with E-state index in [-0.39, 0.29) is 0 Å². The zero-order valence-electron chi connectivity index (χ0n) is 12.7. The van der Waals surface area contributed by atoms with Gasteiger partial charge in [-0.2, -0.15) is 0 Å². The van der Waals surface area contributed by atoms with Crippen molar-refractivity contribution in [2.75, 3.05) is 0 Å². The van der Waals surface area contributed by atoms with Crippen LogP contribution < -0.4 is 10.5 Å². The number of hydrogen-bond donors (Lipinski definition) is 1. The lowest BCUT2D eigenvalue weighted by Gasteiger charge is -2.13. The smallest absolute Gasteiger partial charge is 0.130 e. The summed E-state index contributed by atoms with van der Waals surface area (Å²) < 4.78 is 6.04. The second kappa shape index (κ2) is 6.10. The summed E-state index contributed by atoms with van der Waals surface area (Å²) in [5, 5.41) is 0. The molecular formula is C18H23NO. The third-order valence-corrected chi connectivity index (χ3v) is 3.64. The molecule has 0 aromatic heterocycles. The van der Waals surface area contributed by atoms with E-state index in [1.807, 2.05) is 18.2 Å². The third kappa shape index (κ3) is 3.20. The summed E-state index contributed by atoms with van der Waals surface area (Å²) in [6.45, 7) is 9.07. The van der Waals surface area contributed by atoms with Crippen LogP contribution in [0.3, 0.4) is 0 Å². The lowest BCUT2D eigenvalue weighted by atomic mass is 10.0. The average Bonchev–Trinajstić information content (AvgIpc) is 2.41. The molecule has 0 saturated carbocycles. The Kier molecular flexibility index (Phi) is 4.46. The first-order chi connectivity index (χ1) is 9.51. The Morgan fingerprint density at radius 1 is 1.00 bits per heavy atom. The SMILES string of the molecule is Cc1cc(Oc2cc(C(C)C)ccc2C)ccc1CN. The molecule has 0 atom stereocenters. The van der Waals surface area contributed by atoms with E-state index in [1.54, 1.807) is 0 Å². The Balaban J connectivity index is 2.29. The largest absolute Gasteiger partial charge is 0.457 e. The minimum atomic E-state index is 0.499. The molecule has 0 bridgehead atoms. The number of benzene rings is 2. The Morgan fingerprint density at radius 2 is 1.75 bits per heavy atom. The summed E-state index contributed by atoms with van der Waals surface area (Å²) in [5.74, 6) is 2.29. The molecule has 2 nitrogen and oxygen atoms in total. The molecule has 2 heteroatoms. The molecule has 0 fully saturated rings. The van der Waals surface area contributed by atoms with Crippen LogP contribution in [0.1, 0.15) is 42.0 Å². The van der Waals surface area contributed by atoms with Gasteiger partial charge in [0.05, 0.1) is 0 Å². The van der Waals surface area contributed by atoms with Crippen molar-refractivity contribution in [1.82, 2.24) is 0 Å². The molecule has 2 aromatic carbocycles. The van der Waals surface area contributed by atoms with Gasteiger partial charge in [-0.05, 0) is 60.2 Å². The van der Waals surface area contributed by atoms with Crippen LogP contribution in [0.2, 0.25) is 0 Å². The normalized spacial score (nSPS) is 10.9. The molecule has 2 rings (SSSR count). The van der Waals surface area contributed by atoms with Crippen molar-refractivity contribution in [3.63, 3.8) is 0 Å². The Bertz CT molecular complexity index is 602. The van der Waals surface area contributed by atoms with Crippen LogP contribution in [0.5, 0.6) is 11.5 Å². The standard InChI is InChI=1S/C18H23NO/c1-12(2)15-6-5-13(3)18(10-15)20-17-8-7-16(11-19)14(4)9-17/h5-10,12H,11,19H2,1-4H3. The first-order valence-electron chi connectivity index (χ1n) is 7.09. The van der Waals surface area contributed by atoms with Crippen molar-refractivity contribution in [2.24, 2.45) is 5.73 Å². The van der Waals surface area contributed by atoms with E-state index in [1.165, 1.54) is 11.1 Å². The molecule has 2 N–H and O–H groups in total. The molecule has 2 aromatic rings. The highest BCUT2D eigenvalue weighted by molar-refractivity contribution is 5.42. The van der Waals surface area contributed by atoms with E-state index in [4.69, 9.17) is 10.5 Å². The van der Waals surface area contributed by atoms with Crippen LogP contribution in [-0.4, -0.2) is 0 Å². The topological polar surface area (TPSA) is 35.2 Å². The molecule has 106 valence electrons. The Labute approximate surface area is 121 Å². The van der Waals surface area contributed by atoms with Gasteiger partial charge < -0.3 is 10.5 Å². The van der Waals surface area contributed by atoms with Crippen LogP contribution >= 0.6 is 0 Å². The molecule has 0 aliphatic carbocycles. The highest BCUT2D eigenvalue weighted by atomic mass is 16.5. The molecule has 0 saturated heterocycles. The zero-order chi connectivity index (χ0) is 14.7.